The Bertz CT molecular complexity index is 133. The molecule has 0 aromatic heterocycles. The summed E-state index contributed by atoms with van der Waals surface area (Å²) in [6, 6.07) is 0. The number of halogens is 1. The SMILES string of the molecule is CNCCCNC(=O)CCCCSC.Cl. The molecule has 0 spiro atoms. The fourth-order valence-corrected chi connectivity index (χ4v) is 1.61. The molecule has 0 rings (SSSR count). The summed E-state index contributed by atoms with van der Waals surface area (Å²) in [6.45, 7) is 1.76. The molecule has 0 saturated carbocycles. The highest BCUT2D eigenvalue weighted by atomic mass is 35.5. The topological polar surface area (TPSA) is 41.1 Å². The molecule has 0 radical (unpaired) electrons. The van der Waals surface area contributed by atoms with E-state index < -0.39 is 0 Å². The Morgan fingerprint density at radius 1 is 1.20 bits per heavy atom. The van der Waals surface area contributed by atoms with Crippen LogP contribution in [0.5, 0.6) is 0 Å². The van der Waals surface area contributed by atoms with E-state index in [0.717, 1.165) is 38.1 Å². The van der Waals surface area contributed by atoms with Crippen LogP contribution < -0.4 is 10.6 Å². The number of thioether (sulfide) groups is 1. The van der Waals surface area contributed by atoms with Gasteiger partial charge in [-0.25, -0.2) is 0 Å². The minimum Gasteiger partial charge on any atom is -0.356 e. The first-order valence-electron chi connectivity index (χ1n) is 5.21. The molecule has 15 heavy (non-hydrogen) atoms. The molecule has 0 atom stereocenters. The van der Waals surface area contributed by atoms with Crippen LogP contribution >= 0.6 is 24.2 Å². The lowest BCUT2D eigenvalue weighted by molar-refractivity contribution is -0.121. The van der Waals surface area contributed by atoms with E-state index in [4.69, 9.17) is 0 Å². The second kappa shape index (κ2) is 14.1. The molecule has 3 nitrogen and oxygen atoms in total. The maximum atomic E-state index is 11.2. The standard InChI is InChI=1S/C10H22N2OS.ClH/c1-11-7-5-8-12-10(13)6-3-4-9-14-2;/h11H,3-9H2,1-2H3,(H,12,13);1H. The third kappa shape index (κ3) is 14.1. The van der Waals surface area contributed by atoms with Crippen LogP contribution in [0.15, 0.2) is 0 Å². The van der Waals surface area contributed by atoms with Crippen LogP contribution in [0.4, 0.5) is 0 Å². The van der Waals surface area contributed by atoms with E-state index in [0.29, 0.717) is 6.42 Å². The van der Waals surface area contributed by atoms with E-state index in [1.807, 2.05) is 18.8 Å². The summed E-state index contributed by atoms with van der Waals surface area (Å²) in [5.41, 5.74) is 0. The summed E-state index contributed by atoms with van der Waals surface area (Å²) >= 11 is 1.84. The Hall–Kier alpha value is 0.0700. The highest BCUT2D eigenvalue weighted by molar-refractivity contribution is 7.98. The van der Waals surface area contributed by atoms with Crippen molar-refractivity contribution in [2.45, 2.75) is 25.7 Å². The summed E-state index contributed by atoms with van der Waals surface area (Å²) in [5.74, 6) is 1.36. The third-order valence-corrected chi connectivity index (χ3v) is 2.62. The number of amides is 1. The van der Waals surface area contributed by atoms with Gasteiger partial charge in [-0.05, 0) is 44.9 Å². The highest BCUT2D eigenvalue weighted by Gasteiger charge is 1.99. The zero-order valence-corrected chi connectivity index (χ0v) is 11.3. The molecule has 0 aliphatic heterocycles. The average molecular weight is 255 g/mol. The van der Waals surface area contributed by atoms with Gasteiger partial charge in [0.1, 0.15) is 0 Å². The highest BCUT2D eigenvalue weighted by Crippen LogP contribution is 2.01. The summed E-state index contributed by atoms with van der Waals surface area (Å²) < 4.78 is 0. The van der Waals surface area contributed by atoms with Gasteiger partial charge in [0.2, 0.25) is 5.91 Å². The zero-order chi connectivity index (χ0) is 10.6. The molecule has 5 heteroatoms. The Kier molecular flexibility index (Phi) is 16.4. The molecule has 0 fully saturated rings. The normalized spacial score (nSPS) is 9.47. The predicted octanol–water partition coefficient (Wildman–Crippen LogP) is 1.67. The van der Waals surface area contributed by atoms with Crippen LogP contribution in [0, 0.1) is 0 Å². The van der Waals surface area contributed by atoms with E-state index in [9.17, 15) is 4.79 Å². The molecule has 0 aromatic rings. The molecule has 0 aliphatic rings. The Morgan fingerprint density at radius 3 is 2.53 bits per heavy atom. The second-order valence-corrected chi connectivity index (χ2v) is 4.24. The number of hydrogen-bond acceptors (Lipinski definition) is 3. The van der Waals surface area contributed by atoms with Gasteiger partial charge in [0, 0.05) is 13.0 Å². The maximum Gasteiger partial charge on any atom is 0.219 e. The van der Waals surface area contributed by atoms with Gasteiger partial charge in [-0.1, -0.05) is 0 Å². The monoisotopic (exact) mass is 254 g/mol. The summed E-state index contributed by atoms with van der Waals surface area (Å²) in [6.07, 6.45) is 5.94. The van der Waals surface area contributed by atoms with Crippen molar-refractivity contribution in [1.82, 2.24) is 10.6 Å². The molecule has 0 aromatic carbocycles. The Balaban J connectivity index is 0. The molecule has 0 bridgehead atoms. The molecular weight excluding hydrogens is 232 g/mol. The quantitative estimate of drug-likeness (QED) is 0.615. The molecule has 0 unspecified atom stereocenters. The maximum absolute atomic E-state index is 11.2. The lowest BCUT2D eigenvalue weighted by Gasteiger charge is -2.04. The van der Waals surface area contributed by atoms with Gasteiger partial charge in [-0.2, -0.15) is 11.8 Å². The smallest absolute Gasteiger partial charge is 0.219 e. The van der Waals surface area contributed by atoms with Gasteiger partial charge in [0.25, 0.3) is 0 Å². The molecule has 1 amide bonds. The molecular formula is C10H23ClN2OS. The second-order valence-electron chi connectivity index (χ2n) is 3.26. The average Bonchev–Trinajstić information content (AvgIpc) is 2.19. The predicted molar refractivity (Wildman–Crippen MR) is 71.0 cm³/mol. The van der Waals surface area contributed by atoms with Gasteiger partial charge in [0.05, 0.1) is 0 Å². The van der Waals surface area contributed by atoms with Crippen LogP contribution in [0.3, 0.4) is 0 Å². The van der Waals surface area contributed by atoms with E-state index in [2.05, 4.69) is 16.9 Å². The van der Waals surface area contributed by atoms with Crippen LogP contribution in [0.25, 0.3) is 0 Å². The first-order valence-corrected chi connectivity index (χ1v) is 6.61. The van der Waals surface area contributed by atoms with E-state index in [-0.39, 0.29) is 18.3 Å². The largest absolute Gasteiger partial charge is 0.356 e. The van der Waals surface area contributed by atoms with Gasteiger partial charge in [-0.15, -0.1) is 12.4 Å². The summed E-state index contributed by atoms with van der Waals surface area (Å²) in [5, 5.41) is 5.96. The molecule has 2 N–H and O–H groups in total. The fourth-order valence-electron chi connectivity index (χ4n) is 1.11. The first kappa shape index (κ1) is 17.5. The lowest BCUT2D eigenvalue weighted by Crippen LogP contribution is -2.26. The van der Waals surface area contributed by atoms with Crippen molar-refractivity contribution in [3.63, 3.8) is 0 Å². The van der Waals surface area contributed by atoms with Crippen molar-refractivity contribution >= 4 is 30.1 Å². The number of hydrogen-bond donors (Lipinski definition) is 2. The van der Waals surface area contributed by atoms with Gasteiger partial charge < -0.3 is 10.6 Å². The van der Waals surface area contributed by atoms with E-state index in [1.54, 1.807) is 0 Å². The van der Waals surface area contributed by atoms with Crippen molar-refractivity contribution in [2.75, 3.05) is 32.1 Å². The number of carbonyl (C=O) groups is 1. The number of nitrogens with one attached hydrogen (secondary N) is 2. The number of carbonyl (C=O) groups excluding carboxylic acids is 1. The summed E-state index contributed by atoms with van der Waals surface area (Å²) in [4.78, 5) is 11.2. The molecule has 0 saturated heterocycles. The van der Waals surface area contributed by atoms with Crippen LogP contribution in [-0.2, 0) is 4.79 Å². The Labute approximate surface area is 104 Å². The third-order valence-electron chi connectivity index (χ3n) is 1.93. The lowest BCUT2D eigenvalue weighted by atomic mass is 10.2. The van der Waals surface area contributed by atoms with Crippen LogP contribution in [0.1, 0.15) is 25.7 Å². The van der Waals surface area contributed by atoms with Crippen molar-refractivity contribution in [3.05, 3.63) is 0 Å². The first-order chi connectivity index (χ1) is 6.81. The van der Waals surface area contributed by atoms with Gasteiger partial charge in [-0.3, -0.25) is 4.79 Å². The van der Waals surface area contributed by atoms with Crippen LogP contribution in [0.2, 0.25) is 0 Å². The van der Waals surface area contributed by atoms with Gasteiger partial charge in [0.15, 0.2) is 0 Å². The zero-order valence-electron chi connectivity index (χ0n) is 9.67. The van der Waals surface area contributed by atoms with E-state index >= 15 is 0 Å². The van der Waals surface area contributed by atoms with Crippen molar-refractivity contribution in [3.8, 4) is 0 Å². The summed E-state index contributed by atoms with van der Waals surface area (Å²) in [7, 11) is 1.92. The fraction of sp³-hybridized carbons (Fsp3) is 0.900. The molecule has 92 valence electrons. The Morgan fingerprint density at radius 2 is 1.93 bits per heavy atom. The minimum absolute atomic E-state index is 0. The number of unbranched alkanes of at least 4 members (excludes halogenated alkanes) is 1. The minimum atomic E-state index is 0. The number of rotatable bonds is 9. The van der Waals surface area contributed by atoms with Crippen molar-refractivity contribution < 1.29 is 4.79 Å². The van der Waals surface area contributed by atoms with Gasteiger partial charge >= 0.3 is 0 Å². The van der Waals surface area contributed by atoms with Crippen LogP contribution in [-0.4, -0.2) is 38.1 Å². The molecule has 0 heterocycles. The van der Waals surface area contributed by atoms with Crippen molar-refractivity contribution in [1.29, 1.82) is 0 Å². The van der Waals surface area contributed by atoms with Crippen molar-refractivity contribution in [2.24, 2.45) is 0 Å². The molecule has 0 aliphatic carbocycles. The van der Waals surface area contributed by atoms with E-state index in [1.165, 1.54) is 0 Å².